The average molecular weight is 404 g/mol. The van der Waals surface area contributed by atoms with Crippen LogP contribution in [0.15, 0.2) is 47.5 Å². The van der Waals surface area contributed by atoms with Gasteiger partial charge in [-0.15, -0.1) is 0 Å². The van der Waals surface area contributed by atoms with E-state index >= 15 is 0 Å². The number of aliphatic imine (C=N–C) groups is 1. The number of hydrogen-bond donors (Lipinski definition) is 2. The summed E-state index contributed by atoms with van der Waals surface area (Å²) >= 11 is 6.08. The second kappa shape index (κ2) is 10.0. The number of phenols is 1. The normalized spacial score (nSPS) is 12.3. The Kier molecular flexibility index (Phi) is 7.72. The number of carbonyl (C=O) groups excluding carboxylic acids is 2. The van der Waals surface area contributed by atoms with Gasteiger partial charge in [-0.25, -0.2) is 0 Å². The van der Waals surface area contributed by atoms with Gasteiger partial charge < -0.3 is 14.9 Å². The molecule has 0 aromatic heterocycles. The minimum absolute atomic E-state index is 0.125. The maximum Gasteiger partial charge on any atom is 0.313 e. The average Bonchev–Trinajstić information content (AvgIpc) is 2.65. The number of aliphatic hydroxyl groups excluding tert-OH is 1. The summed E-state index contributed by atoms with van der Waals surface area (Å²) in [6, 6.07) is 10.4. The molecule has 2 rings (SSSR count). The molecule has 0 spiro atoms. The number of rotatable bonds is 8. The van der Waals surface area contributed by atoms with Crippen LogP contribution in [0.2, 0.25) is 5.02 Å². The van der Waals surface area contributed by atoms with Crippen LogP contribution in [0.5, 0.6) is 11.5 Å². The Morgan fingerprint density at radius 1 is 1.18 bits per heavy atom. The van der Waals surface area contributed by atoms with Gasteiger partial charge in [-0.2, -0.15) is 0 Å². The molecule has 2 N–H and O–H groups in total. The van der Waals surface area contributed by atoms with Gasteiger partial charge in [-0.05, 0) is 41.5 Å². The Labute approximate surface area is 168 Å². The molecule has 2 aromatic rings. The fraction of sp³-hybridized carbons (Fsp3) is 0.286. The predicted molar refractivity (Wildman–Crippen MR) is 107 cm³/mol. The molecule has 0 radical (unpaired) electrons. The second-order valence-electron chi connectivity index (χ2n) is 6.59. The van der Waals surface area contributed by atoms with Crippen molar-refractivity contribution in [3.8, 4) is 11.5 Å². The van der Waals surface area contributed by atoms with Gasteiger partial charge in [0.25, 0.3) is 0 Å². The van der Waals surface area contributed by atoms with Gasteiger partial charge in [0.05, 0.1) is 5.92 Å². The Morgan fingerprint density at radius 3 is 2.46 bits per heavy atom. The van der Waals surface area contributed by atoms with Crippen molar-refractivity contribution in [1.29, 1.82) is 0 Å². The van der Waals surface area contributed by atoms with Crippen LogP contribution >= 0.6 is 11.6 Å². The molecule has 0 saturated heterocycles. The van der Waals surface area contributed by atoms with Crippen molar-refractivity contribution in [3.05, 3.63) is 58.6 Å². The molecule has 0 aliphatic carbocycles. The number of Topliss-reactive ketones (excluding diaryl/α,β-unsaturated/α-hetero) is 1. The number of halogens is 1. The van der Waals surface area contributed by atoms with Crippen molar-refractivity contribution in [2.24, 2.45) is 10.9 Å². The van der Waals surface area contributed by atoms with E-state index in [4.69, 9.17) is 16.3 Å². The second-order valence-corrected chi connectivity index (χ2v) is 7.02. The van der Waals surface area contributed by atoms with E-state index < -0.39 is 18.4 Å². The Bertz CT molecular complexity index is 862. The number of nitrogens with zero attached hydrogens (tertiary/aromatic N) is 1. The van der Waals surface area contributed by atoms with Crippen LogP contribution in [0, 0.1) is 5.92 Å². The molecular weight excluding hydrogens is 382 g/mol. The fourth-order valence-corrected chi connectivity index (χ4v) is 2.57. The van der Waals surface area contributed by atoms with Crippen molar-refractivity contribution in [3.63, 3.8) is 0 Å². The molecule has 28 heavy (non-hydrogen) atoms. The summed E-state index contributed by atoms with van der Waals surface area (Å²) in [5.41, 5.74) is 1.35. The van der Waals surface area contributed by atoms with Crippen molar-refractivity contribution in [2.45, 2.75) is 26.3 Å². The van der Waals surface area contributed by atoms with Crippen LogP contribution < -0.4 is 4.74 Å². The number of phenolic OH excluding ortho intramolecular Hbond substituents is 1. The van der Waals surface area contributed by atoms with E-state index in [0.29, 0.717) is 10.6 Å². The smallest absolute Gasteiger partial charge is 0.313 e. The third-order valence-corrected chi connectivity index (χ3v) is 4.10. The van der Waals surface area contributed by atoms with Crippen molar-refractivity contribution >= 4 is 29.6 Å². The molecule has 0 aliphatic rings. The number of benzene rings is 2. The van der Waals surface area contributed by atoms with E-state index in [9.17, 15) is 19.8 Å². The predicted octanol–water partition coefficient (Wildman–Crippen LogP) is 3.20. The molecule has 0 amide bonds. The number of esters is 1. The zero-order chi connectivity index (χ0) is 20.7. The van der Waals surface area contributed by atoms with Gasteiger partial charge in [0.2, 0.25) is 0 Å². The molecule has 0 bridgehead atoms. The molecular formula is C21H22ClNO5. The van der Waals surface area contributed by atoms with Crippen LogP contribution in [0.3, 0.4) is 0 Å². The molecule has 1 unspecified atom stereocenters. The van der Waals surface area contributed by atoms with E-state index in [1.165, 1.54) is 24.4 Å². The van der Waals surface area contributed by atoms with Crippen molar-refractivity contribution in [1.82, 2.24) is 0 Å². The number of aromatic hydroxyl groups is 1. The summed E-state index contributed by atoms with van der Waals surface area (Å²) in [4.78, 5) is 28.1. The lowest BCUT2D eigenvalue weighted by Crippen LogP contribution is -2.24. The maximum absolute atomic E-state index is 12.1. The van der Waals surface area contributed by atoms with E-state index in [1.807, 2.05) is 0 Å². The SMILES string of the molecule is CC(C)C(=O)Oc1cc(Cl)cc(C=NC(Cc2ccc(O)cc2)C(=O)CO)c1. The summed E-state index contributed by atoms with van der Waals surface area (Å²) in [5, 5.41) is 18.9. The first-order valence-corrected chi connectivity index (χ1v) is 9.13. The van der Waals surface area contributed by atoms with Gasteiger partial charge in [0, 0.05) is 17.7 Å². The molecule has 1 atom stereocenters. The highest BCUT2D eigenvalue weighted by Gasteiger charge is 2.17. The maximum atomic E-state index is 12.1. The van der Waals surface area contributed by atoms with E-state index in [2.05, 4.69) is 4.99 Å². The third-order valence-electron chi connectivity index (χ3n) is 3.88. The van der Waals surface area contributed by atoms with E-state index in [0.717, 1.165) is 5.56 Å². The molecule has 6 nitrogen and oxygen atoms in total. The van der Waals surface area contributed by atoms with Gasteiger partial charge >= 0.3 is 5.97 Å². The topological polar surface area (TPSA) is 96.2 Å². The van der Waals surface area contributed by atoms with Crippen LogP contribution in [0.4, 0.5) is 0 Å². The molecule has 0 aliphatic heterocycles. The number of hydrogen-bond acceptors (Lipinski definition) is 6. The van der Waals surface area contributed by atoms with Gasteiger partial charge in [-0.1, -0.05) is 37.6 Å². The fourth-order valence-electron chi connectivity index (χ4n) is 2.34. The highest BCUT2D eigenvalue weighted by atomic mass is 35.5. The molecule has 7 heteroatoms. The van der Waals surface area contributed by atoms with Crippen molar-refractivity contribution < 1.29 is 24.5 Å². The van der Waals surface area contributed by atoms with Crippen LogP contribution in [-0.4, -0.2) is 40.8 Å². The summed E-state index contributed by atoms with van der Waals surface area (Å²) in [7, 11) is 0. The Balaban J connectivity index is 2.21. The summed E-state index contributed by atoms with van der Waals surface area (Å²) in [6.07, 6.45) is 1.73. The van der Waals surface area contributed by atoms with Crippen molar-refractivity contribution in [2.75, 3.05) is 6.61 Å². The number of aliphatic hydroxyl groups is 1. The highest BCUT2D eigenvalue weighted by Crippen LogP contribution is 2.21. The van der Waals surface area contributed by atoms with E-state index in [1.54, 1.807) is 38.1 Å². The first-order chi connectivity index (χ1) is 13.3. The first-order valence-electron chi connectivity index (χ1n) is 8.75. The largest absolute Gasteiger partial charge is 0.508 e. The Morgan fingerprint density at radius 2 is 1.86 bits per heavy atom. The number of carbonyl (C=O) groups is 2. The zero-order valence-electron chi connectivity index (χ0n) is 15.6. The van der Waals surface area contributed by atoms with Crippen LogP contribution in [0.1, 0.15) is 25.0 Å². The molecule has 2 aromatic carbocycles. The lowest BCUT2D eigenvalue weighted by Gasteiger charge is -2.11. The van der Waals surface area contributed by atoms with Gasteiger partial charge in [0.15, 0.2) is 5.78 Å². The minimum Gasteiger partial charge on any atom is -0.508 e. The summed E-state index contributed by atoms with van der Waals surface area (Å²) in [6.45, 7) is 2.82. The zero-order valence-corrected chi connectivity index (χ0v) is 16.4. The summed E-state index contributed by atoms with van der Waals surface area (Å²) < 4.78 is 5.26. The van der Waals surface area contributed by atoms with E-state index in [-0.39, 0.29) is 29.8 Å². The first kappa shape index (κ1) is 21.6. The lowest BCUT2D eigenvalue weighted by atomic mass is 10.0. The molecule has 0 heterocycles. The molecule has 0 fully saturated rings. The highest BCUT2D eigenvalue weighted by molar-refractivity contribution is 6.31. The molecule has 148 valence electrons. The number of ether oxygens (including phenoxy) is 1. The van der Waals surface area contributed by atoms with Gasteiger partial charge in [0.1, 0.15) is 24.1 Å². The standard InChI is InChI=1S/C21H22ClNO5/c1-13(2)21(27)28-18-8-15(7-16(22)10-18)11-23-19(20(26)12-24)9-14-3-5-17(25)6-4-14/h3-8,10-11,13,19,24-25H,9,12H2,1-2H3. The van der Waals surface area contributed by atoms with Crippen LogP contribution in [0.25, 0.3) is 0 Å². The molecule has 0 saturated carbocycles. The monoisotopic (exact) mass is 403 g/mol. The van der Waals surface area contributed by atoms with Gasteiger partial charge in [-0.3, -0.25) is 14.6 Å². The van der Waals surface area contributed by atoms with Crippen LogP contribution in [-0.2, 0) is 16.0 Å². The quantitative estimate of drug-likeness (QED) is 0.401. The lowest BCUT2D eigenvalue weighted by molar-refractivity contribution is -0.137. The minimum atomic E-state index is -0.796. The summed E-state index contributed by atoms with van der Waals surface area (Å²) in [5.74, 6) is -0.687. The number of ketones is 1. The third kappa shape index (κ3) is 6.48. The Hall–Kier alpha value is -2.70.